The number of hydrogen-bond acceptors (Lipinski definition) is 1. The summed E-state index contributed by atoms with van der Waals surface area (Å²) in [5.41, 5.74) is 3.72. The van der Waals surface area contributed by atoms with Crippen molar-refractivity contribution in [2.24, 2.45) is 0 Å². The number of benzene rings is 2. The van der Waals surface area contributed by atoms with E-state index in [1.807, 2.05) is 18.2 Å². The molecular weight excluding hydrogens is 220 g/mol. The van der Waals surface area contributed by atoms with Crippen molar-refractivity contribution < 1.29 is 4.74 Å². The third kappa shape index (κ3) is 1.92. The van der Waals surface area contributed by atoms with Crippen LogP contribution in [0.25, 0.3) is 11.8 Å². The van der Waals surface area contributed by atoms with Crippen molar-refractivity contribution in [3.63, 3.8) is 0 Å². The molecule has 0 amide bonds. The first-order chi connectivity index (χ1) is 8.88. The summed E-state index contributed by atoms with van der Waals surface area (Å²) in [5.74, 6) is 0.989. The molecule has 0 spiro atoms. The largest absolute Gasteiger partial charge is 0.485 e. The van der Waals surface area contributed by atoms with Crippen LogP contribution < -0.4 is 0 Å². The van der Waals surface area contributed by atoms with Crippen LogP contribution in [-0.4, -0.2) is 0 Å². The van der Waals surface area contributed by atoms with Crippen LogP contribution in [0.4, 0.5) is 0 Å². The predicted molar refractivity (Wildman–Crippen MR) is 74.9 cm³/mol. The lowest BCUT2D eigenvalue weighted by atomic mass is 10.0. The van der Waals surface area contributed by atoms with E-state index in [9.17, 15) is 0 Å². The van der Waals surface area contributed by atoms with Crippen molar-refractivity contribution in [1.82, 2.24) is 0 Å². The number of hydrogen-bond donors (Lipinski definition) is 0. The van der Waals surface area contributed by atoms with Crippen molar-refractivity contribution in [3.05, 3.63) is 71.3 Å². The predicted octanol–water partition coefficient (Wildman–Crippen LogP) is 4.67. The van der Waals surface area contributed by atoms with Gasteiger partial charge in [-0.2, -0.15) is 0 Å². The highest BCUT2D eigenvalue weighted by Gasteiger charge is 2.25. The van der Waals surface area contributed by atoms with Gasteiger partial charge in [-0.25, -0.2) is 0 Å². The maximum Gasteiger partial charge on any atom is 0.128 e. The van der Waals surface area contributed by atoms with E-state index in [-0.39, 0.29) is 6.10 Å². The minimum absolute atomic E-state index is 0.205. The standard InChI is InChI=1S/C17H16O/c1-2-16-14-10-6-7-11-15(14)17(18-16)12-13-8-4-3-5-9-13/h3-12,16H,2H2,1H3/b17-12+/t16-/m0/s1. The van der Waals surface area contributed by atoms with Gasteiger partial charge in [0.25, 0.3) is 0 Å². The van der Waals surface area contributed by atoms with E-state index in [1.54, 1.807) is 0 Å². The van der Waals surface area contributed by atoms with Gasteiger partial charge in [-0.05, 0) is 18.1 Å². The van der Waals surface area contributed by atoms with E-state index >= 15 is 0 Å². The maximum atomic E-state index is 6.05. The normalized spacial score (nSPS) is 19.6. The molecule has 0 radical (unpaired) electrons. The topological polar surface area (TPSA) is 9.23 Å². The Morgan fingerprint density at radius 1 is 1.00 bits per heavy atom. The molecule has 1 heterocycles. The SMILES string of the molecule is CC[C@@H]1O/C(=C/c2ccccc2)c2ccccc21. The monoisotopic (exact) mass is 236 g/mol. The van der Waals surface area contributed by atoms with E-state index in [4.69, 9.17) is 4.74 Å². The average Bonchev–Trinajstić information content (AvgIpc) is 2.78. The summed E-state index contributed by atoms with van der Waals surface area (Å²) in [6.07, 6.45) is 3.33. The molecule has 0 fully saturated rings. The highest BCUT2D eigenvalue weighted by Crippen LogP contribution is 2.40. The van der Waals surface area contributed by atoms with Gasteiger partial charge in [0.05, 0.1) is 0 Å². The second kappa shape index (κ2) is 4.69. The molecule has 18 heavy (non-hydrogen) atoms. The van der Waals surface area contributed by atoms with Gasteiger partial charge in [-0.3, -0.25) is 0 Å². The van der Waals surface area contributed by atoms with Gasteiger partial charge in [0.1, 0.15) is 11.9 Å². The molecule has 0 aliphatic carbocycles. The van der Waals surface area contributed by atoms with Crippen molar-refractivity contribution in [2.75, 3.05) is 0 Å². The van der Waals surface area contributed by atoms with Crippen molar-refractivity contribution in [3.8, 4) is 0 Å². The van der Waals surface area contributed by atoms with Gasteiger partial charge < -0.3 is 4.74 Å². The molecule has 1 aliphatic heterocycles. The van der Waals surface area contributed by atoms with Gasteiger partial charge in [0.2, 0.25) is 0 Å². The van der Waals surface area contributed by atoms with E-state index in [0.29, 0.717) is 0 Å². The summed E-state index contributed by atoms with van der Waals surface area (Å²) in [6.45, 7) is 2.16. The van der Waals surface area contributed by atoms with Gasteiger partial charge in [0, 0.05) is 11.1 Å². The van der Waals surface area contributed by atoms with Crippen molar-refractivity contribution in [1.29, 1.82) is 0 Å². The molecule has 2 aromatic rings. The molecule has 2 aromatic carbocycles. The van der Waals surface area contributed by atoms with E-state index < -0.39 is 0 Å². The molecule has 3 rings (SSSR count). The molecule has 0 saturated carbocycles. The van der Waals surface area contributed by atoms with Crippen LogP contribution in [0.2, 0.25) is 0 Å². The minimum Gasteiger partial charge on any atom is -0.485 e. The van der Waals surface area contributed by atoms with E-state index in [1.165, 1.54) is 16.7 Å². The van der Waals surface area contributed by atoms with Crippen molar-refractivity contribution >= 4 is 11.8 Å². The van der Waals surface area contributed by atoms with Crippen LogP contribution in [0.3, 0.4) is 0 Å². The average molecular weight is 236 g/mol. The van der Waals surface area contributed by atoms with Gasteiger partial charge >= 0.3 is 0 Å². The zero-order valence-corrected chi connectivity index (χ0v) is 10.5. The summed E-state index contributed by atoms with van der Waals surface area (Å²) < 4.78 is 6.05. The summed E-state index contributed by atoms with van der Waals surface area (Å²) in [4.78, 5) is 0. The fourth-order valence-corrected chi connectivity index (χ4v) is 2.40. The third-order valence-electron chi connectivity index (χ3n) is 3.31. The fraction of sp³-hybridized carbons (Fsp3) is 0.176. The second-order valence-corrected chi connectivity index (χ2v) is 4.52. The Hall–Kier alpha value is -2.02. The number of ether oxygens (including phenoxy) is 1. The lowest BCUT2D eigenvalue weighted by Crippen LogP contribution is -1.91. The second-order valence-electron chi connectivity index (χ2n) is 4.52. The molecule has 0 aromatic heterocycles. The Morgan fingerprint density at radius 2 is 1.72 bits per heavy atom. The number of rotatable bonds is 2. The summed E-state index contributed by atoms with van der Waals surface area (Å²) in [6, 6.07) is 18.8. The summed E-state index contributed by atoms with van der Waals surface area (Å²) >= 11 is 0. The Morgan fingerprint density at radius 3 is 2.50 bits per heavy atom. The van der Waals surface area contributed by atoms with Gasteiger partial charge in [0.15, 0.2) is 0 Å². The van der Waals surface area contributed by atoms with Crippen LogP contribution in [-0.2, 0) is 4.74 Å². The Bertz CT molecular complexity index is 569. The van der Waals surface area contributed by atoms with Crippen molar-refractivity contribution in [2.45, 2.75) is 19.4 Å². The molecule has 1 heteroatoms. The van der Waals surface area contributed by atoms with E-state index in [2.05, 4.69) is 49.4 Å². The molecular formula is C17H16O. The van der Waals surface area contributed by atoms with Crippen LogP contribution in [0, 0.1) is 0 Å². The quantitative estimate of drug-likeness (QED) is 0.736. The molecule has 1 atom stereocenters. The highest BCUT2D eigenvalue weighted by molar-refractivity contribution is 5.81. The zero-order valence-electron chi connectivity index (χ0n) is 10.5. The summed E-state index contributed by atoms with van der Waals surface area (Å²) in [7, 11) is 0. The lowest BCUT2D eigenvalue weighted by Gasteiger charge is -2.08. The zero-order chi connectivity index (χ0) is 12.4. The molecule has 0 bridgehead atoms. The minimum atomic E-state index is 0.205. The Kier molecular flexibility index (Phi) is 2.89. The first kappa shape index (κ1) is 11.1. The molecule has 0 unspecified atom stereocenters. The molecule has 1 aliphatic rings. The van der Waals surface area contributed by atoms with Gasteiger partial charge in [-0.1, -0.05) is 61.5 Å². The third-order valence-corrected chi connectivity index (χ3v) is 3.31. The van der Waals surface area contributed by atoms with Gasteiger partial charge in [-0.15, -0.1) is 0 Å². The first-order valence-electron chi connectivity index (χ1n) is 6.41. The lowest BCUT2D eigenvalue weighted by molar-refractivity contribution is 0.185. The first-order valence-corrected chi connectivity index (χ1v) is 6.41. The molecule has 0 N–H and O–H groups in total. The smallest absolute Gasteiger partial charge is 0.128 e. The van der Waals surface area contributed by atoms with Crippen LogP contribution in [0.1, 0.15) is 36.1 Å². The van der Waals surface area contributed by atoms with Crippen LogP contribution >= 0.6 is 0 Å². The molecule has 90 valence electrons. The highest BCUT2D eigenvalue weighted by atomic mass is 16.5. The molecule has 1 nitrogen and oxygen atoms in total. The number of fused-ring (bicyclic) bond motifs is 1. The van der Waals surface area contributed by atoms with E-state index in [0.717, 1.165) is 12.2 Å². The van der Waals surface area contributed by atoms with Crippen LogP contribution in [0.5, 0.6) is 0 Å². The Balaban J connectivity index is 2.03. The molecule has 0 saturated heterocycles. The van der Waals surface area contributed by atoms with Crippen LogP contribution in [0.15, 0.2) is 54.6 Å². The Labute approximate surface area is 108 Å². The fourth-order valence-electron chi connectivity index (χ4n) is 2.40. The maximum absolute atomic E-state index is 6.05. The summed E-state index contributed by atoms with van der Waals surface area (Å²) in [5, 5.41) is 0.